The lowest BCUT2D eigenvalue weighted by Crippen LogP contribution is -2.35. The van der Waals surface area contributed by atoms with Crippen molar-refractivity contribution in [2.45, 2.75) is 6.54 Å². The molecule has 0 saturated heterocycles. The Morgan fingerprint density at radius 1 is 1.08 bits per heavy atom. The van der Waals surface area contributed by atoms with Gasteiger partial charge in [-0.1, -0.05) is 42.5 Å². The van der Waals surface area contributed by atoms with Gasteiger partial charge in [-0.05, 0) is 40.0 Å². The number of methoxy groups -OCH3 is 1. The average molecular weight is 349 g/mol. The lowest BCUT2D eigenvalue weighted by atomic mass is 9.77. The van der Waals surface area contributed by atoms with Gasteiger partial charge in [-0.3, -0.25) is 0 Å². The third-order valence-corrected chi connectivity index (χ3v) is 4.45. The van der Waals surface area contributed by atoms with Gasteiger partial charge in [0.2, 0.25) is 0 Å². The van der Waals surface area contributed by atoms with Crippen LogP contribution in [0.15, 0.2) is 60.7 Å². The zero-order valence-corrected chi connectivity index (χ0v) is 14.7. The van der Waals surface area contributed by atoms with E-state index in [1.165, 1.54) is 7.11 Å². The molecule has 0 atom stereocenters. The van der Waals surface area contributed by atoms with Crippen LogP contribution in [0.5, 0.6) is 0 Å². The molecule has 3 aromatic rings. The van der Waals surface area contributed by atoms with Gasteiger partial charge in [0, 0.05) is 19.3 Å². The molecule has 0 aromatic heterocycles. The standard InChI is InChI=1S/C20H20BNO4/c1-22(13-15-6-3-4-9-19(15)21(24)25)16-10-11-17-14(12-16)7-5-8-18(17)20(23)26-2/h3-12,24-25H,13H2,1-2H3. The van der Waals surface area contributed by atoms with E-state index >= 15 is 0 Å². The summed E-state index contributed by atoms with van der Waals surface area (Å²) in [5.74, 6) is -0.359. The molecule has 2 N–H and O–H groups in total. The molecule has 0 bridgehead atoms. The first-order chi connectivity index (χ1) is 12.5. The summed E-state index contributed by atoms with van der Waals surface area (Å²) >= 11 is 0. The van der Waals surface area contributed by atoms with Crippen LogP contribution in [0.4, 0.5) is 5.69 Å². The summed E-state index contributed by atoms with van der Waals surface area (Å²) in [4.78, 5) is 13.9. The zero-order chi connectivity index (χ0) is 18.7. The molecule has 26 heavy (non-hydrogen) atoms. The summed E-state index contributed by atoms with van der Waals surface area (Å²) < 4.78 is 4.84. The predicted molar refractivity (Wildman–Crippen MR) is 104 cm³/mol. The van der Waals surface area contributed by atoms with Gasteiger partial charge in [-0.2, -0.15) is 0 Å². The molecule has 0 aliphatic carbocycles. The van der Waals surface area contributed by atoms with Crippen molar-refractivity contribution in [3.8, 4) is 0 Å². The molecule has 0 fully saturated rings. The van der Waals surface area contributed by atoms with Gasteiger partial charge in [0.05, 0.1) is 12.7 Å². The molecule has 3 rings (SSSR count). The molecule has 5 nitrogen and oxygen atoms in total. The number of rotatable bonds is 5. The largest absolute Gasteiger partial charge is 0.488 e. The summed E-state index contributed by atoms with van der Waals surface area (Å²) in [6, 6.07) is 18.6. The van der Waals surface area contributed by atoms with Gasteiger partial charge in [-0.15, -0.1) is 0 Å². The van der Waals surface area contributed by atoms with Crippen molar-refractivity contribution < 1.29 is 19.6 Å². The fourth-order valence-electron chi connectivity index (χ4n) is 3.07. The zero-order valence-electron chi connectivity index (χ0n) is 14.7. The van der Waals surface area contributed by atoms with Crippen LogP contribution in [0, 0.1) is 0 Å². The molecule has 0 amide bonds. The fourth-order valence-corrected chi connectivity index (χ4v) is 3.07. The molecule has 0 radical (unpaired) electrons. The quantitative estimate of drug-likeness (QED) is 0.544. The fraction of sp³-hybridized carbons (Fsp3) is 0.150. The predicted octanol–water partition coefficient (Wildman–Crippen LogP) is 1.94. The second kappa shape index (κ2) is 7.60. The third kappa shape index (κ3) is 3.56. The Bertz CT molecular complexity index is 942. The highest BCUT2D eigenvalue weighted by Gasteiger charge is 2.17. The molecule has 0 aliphatic rings. The van der Waals surface area contributed by atoms with Crippen molar-refractivity contribution in [2.75, 3.05) is 19.1 Å². The molecule has 6 heteroatoms. The van der Waals surface area contributed by atoms with Crippen LogP contribution in [-0.4, -0.2) is 37.3 Å². The molecule has 132 valence electrons. The van der Waals surface area contributed by atoms with Crippen LogP contribution >= 0.6 is 0 Å². The van der Waals surface area contributed by atoms with E-state index < -0.39 is 7.12 Å². The van der Waals surface area contributed by atoms with E-state index in [0.29, 0.717) is 17.6 Å². The molecular weight excluding hydrogens is 329 g/mol. The van der Waals surface area contributed by atoms with Crippen molar-refractivity contribution in [3.63, 3.8) is 0 Å². The number of hydrogen-bond donors (Lipinski definition) is 2. The van der Waals surface area contributed by atoms with E-state index in [-0.39, 0.29) is 5.97 Å². The van der Waals surface area contributed by atoms with Crippen LogP contribution in [0.3, 0.4) is 0 Å². The Hall–Kier alpha value is -2.83. The Morgan fingerprint density at radius 2 is 1.85 bits per heavy atom. The summed E-state index contributed by atoms with van der Waals surface area (Å²) in [6.07, 6.45) is 0. The van der Waals surface area contributed by atoms with Gasteiger partial charge in [0.1, 0.15) is 0 Å². The van der Waals surface area contributed by atoms with E-state index in [2.05, 4.69) is 0 Å². The summed E-state index contributed by atoms with van der Waals surface area (Å²) in [7, 11) is 1.81. The highest BCUT2D eigenvalue weighted by Crippen LogP contribution is 2.25. The second-order valence-corrected chi connectivity index (χ2v) is 6.13. The highest BCUT2D eigenvalue weighted by molar-refractivity contribution is 6.59. The Labute approximate surface area is 152 Å². The minimum Gasteiger partial charge on any atom is -0.465 e. The van der Waals surface area contributed by atoms with Crippen LogP contribution in [0.2, 0.25) is 0 Å². The van der Waals surface area contributed by atoms with E-state index in [4.69, 9.17) is 4.74 Å². The number of carbonyl (C=O) groups excluding carboxylic acids is 1. The Kier molecular flexibility index (Phi) is 5.25. The number of nitrogens with zero attached hydrogens (tertiary/aromatic N) is 1. The van der Waals surface area contributed by atoms with Crippen LogP contribution in [0.1, 0.15) is 15.9 Å². The molecule has 3 aromatic carbocycles. The van der Waals surface area contributed by atoms with Gasteiger partial charge < -0.3 is 19.7 Å². The van der Waals surface area contributed by atoms with Crippen LogP contribution in [-0.2, 0) is 11.3 Å². The lowest BCUT2D eigenvalue weighted by Gasteiger charge is -2.22. The normalized spacial score (nSPS) is 10.6. The SMILES string of the molecule is COC(=O)c1cccc2cc(N(C)Cc3ccccc3B(O)O)ccc12. The van der Waals surface area contributed by atoms with Gasteiger partial charge in [0.15, 0.2) is 0 Å². The van der Waals surface area contributed by atoms with Crippen LogP contribution in [0.25, 0.3) is 10.8 Å². The maximum Gasteiger partial charge on any atom is 0.488 e. The van der Waals surface area contributed by atoms with E-state index in [0.717, 1.165) is 22.0 Å². The minimum absolute atomic E-state index is 0.359. The number of hydrogen-bond acceptors (Lipinski definition) is 5. The van der Waals surface area contributed by atoms with E-state index in [1.54, 1.807) is 18.2 Å². The number of carbonyl (C=O) groups is 1. The number of ether oxygens (including phenoxy) is 1. The highest BCUT2D eigenvalue weighted by atomic mass is 16.5. The summed E-state index contributed by atoms with van der Waals surface area (Å²) in [5.41, 5.74) is 2.83. The minimum atomic E-state index is -1.50. The first kappa shape index (κ1) is 18.0. The molecule has 0 saturated carbocycles. The van der Waals surface area contributed by atoms with Gasteiger partial charge in [-0.25, -0.2) is 4.79 Å². The van der Waals surface area contributed by atoms with Gasteiger partial charge in [0.25, 0.3) is 0 Å². The van der Waals surface area contributed by atoms with Crippen LogP contribution < -0.4 is 10.4 Å². The van der Waals surface area contributed by atoms with Crippen molar-refractivity contribution in [3.05, 3.63) is 71.8 Å². The number of esters is 1. The third-order valence-electron chi connectivity index (χ3n) is 4.45. The second-order valence-electron chi connectivity index (χ2n) is 6.13. The lowest BCUT2D eigenvalue weighted by molar-refractivity contribution is 0.0603. The first-order valence-electron chi connectivity index (χ1n) is 8.27. The van der Waals surface area contributed by atoms with E-state index in [9.17, 15) is 14.8 Å². The molecular formula is C20H20BNO4. The smallest absolute Gasteiger partial charge is 0.465 e. The number of anilines is 1. The monoisotopic (exact) mass is 349 g/mol. The van der Waals surface area contributed by atoms with Crippen molar-refractivity contribution in [2.24, 2.45) is 0 Å². The summed E-state index contributed by atoms with van der Waals surface area (Å²) in [5, 5.41) is 20.8. The van der Waals surface area contributed by atoms with Crippen molar-refractivity contribution >= 4 is 35.0 Å². The molecule has 0 spiro atoms. The first-order valence-corrected chi connectivity index (χ1v) is 8.27. The van der Waals surface area contributed by atoms with Gasteiger partial charge >= 0.3 is 13.1 Å². The maximum atomic E-state index is 11.9. The number of fused-ring (bicyclic) bond motifs is 1. The average Bonchev–Trinajstić information content (AvgIpc) is 2.66. The molecule has 0 heterocycles. The summed E-state index contributed by atoms with van der Waals surface area (Å²) in [6.45, 7) is 0.524. The molecule has 0 unspecified atom stereocenters. The maximum absolute atomic E-state index is 11.9. The topological polar surface area (TPSA) is 70.0 Å². The Morgan fingerprint density at radius 3 is 2.58 bits per heavy atom. The van der Waals surface area contributed by atoms with Crippen molar-refractivity contribution in [1.82, 2.24) is 0 Å². The number of benzene rings is 3. The van der Waals surface area contributed by atoms with Crippen molar-refractivity contribution in [1.29, 1.82) is 0 Å². The van der Waals surface area contributed by atoms with E-state index in [1.807, 2.05) is 54.4 Å². The Balaban J connectivity index is 1.92. The molecule has 0 aliphatic heterocycles.